The summed E-state index contributed by atoms with van der Waals surface area (Å²) in [6.07, 6.45) is 0. The van der Waals surface area contributed by atoms with Crippen LogP contribution in [0.1, 0.15) is 18.5 Å². The van der Waals surface area contributed by atoms with Crippen molar-refractivity contribution in [1.29, 1.82) is 0 Å². The first kappa shape index (κ1) is 15.6. The third-order valence-corrected chi connectivity index (χ3v) is 4.70. The molecule has 122 valence electrons. The van der Waals surface area contributed by atoms with E-state index in [1.165, 1.54) is 0 Å². The third kappa shape index (κ3) is 3.37. The Hall–Kier alpha value is -1.30. The zero-order valence-corrected chi connectivity index (χ0v) is 13.6. The second-order valence-corrected chi connectivity index (χ2v) is 6.33. The molecule has 5 nitrogen and oxygen atoms in total. The summed E-state index contributed by atoms with van der Waals surface area (Å²) in [5.74, 6) is 2.12. The van der Waals surface area contributed by atoms with Gasteiger partial charge in [-0.2, -0.15) is 0 Å². The van der Waals surface area contributed by atoms with Gasteiger partial charge < -0.3 is 25.0 Å². The van der Waals surface area contributed by atoms with E-state index in [1.54, 1.807) is 0 Å². The van der Waals surface area contributed by atoms with Crippen LogP contribution < -0.4 is 15.2 Å². The van der Waals surface area contributed by atoms with Crippen LogP contribution in [0.2, 0.25) is 0 Å². The minimum atomic E-state index is 0.0174. The van der Waals surface area contributed by atoms with Gasteiger partial charge in [0.25, 0.3) is 0 Å². The van der Waals surface area contributed by atoms with E-state index in [-0.39, 0.29) is 6.04 Å². The highest BCUT2D eigenvalue weighted by molar-refractivity contribution is 5.43. The van der Waals surface area contributed by atoms with E-state index in [2.05, 4.69) is 16.8 Å². The zero-order valence-electron chi connectivity index (χ0n) is 13.6. The first-order chi connectivity index (χ1) is 10.7. The van der Waals surface area contributed by atoms with Gasteiger partial charge in [-0.05, 0) is 32.2 Å². The molecule has 5 heteroatoms. The number of ether oxygens (including phenoxy) is 2. The summed E-state index contributed by atoms with van der Waals surface area (Å²) in [5, 5.41) is 0. The van der Waals surface area contributed by atoms with E-state index in [0.717, 1.165) is 49.8 Å². The first-order valence-electron chi connectivity index (χ1n) is 8.23. The molecule has 2 aliphatic rings. The van der Waals surface area contributed by atoms with Gasteiger partial charge in [-0.25, -0.2) is 0 Å². The average Bonchev–Trinajstić information content (AvgIpc) is 2.53. The summed E-state index contributed by atoms with van der Waals surface area (Å²) in [4.78, 5) is 4.88. The summed E-state index contributed by atoms with van der Waals surface area (Å²) in [6.45, 7) is 8.87. The lowest BCUT2D eigenvalue weighted by molar-refractivity contribution is 0.0996. The van der Waals surface area contributed by atoms with Crippen molar-refractivity contribution >= 4 is 0 Å². The predicted molar refractivity (Wildman–Crippen MR) is 87.5 cm³/mol. The SMILES string of the molecule is CCOc1ccc2c(c1)C(N)C(CN1CCN(C)CC1)CO2. The fourth-order valence-corrected chi connectivity index (χ4v) is 3.26. The van der Waals surface area contributed by atoms with Crippen molar-refractivity contribution in [3.05, 3.63) is 23.8 Å². The Balaban J connectivity index is 1.67. The summed E-state index contributed by atoms with van der Waals surface area (Å²) in [5.41, 5.74) is 7.61. The molecule has 0 aliphatic carbocycles. The number of fused-ring (bicyclic) bond motifs is 1. The van der Waals surface area contributed by atoms with E-state index in [4.69, 9.17) is 15.2 Å². The molecule has 1 fully saturated rings. The minimum absolute atomic E-state index is 0.0174. The third-order valence-electron chi connectivity index (χ3n) is 4.70. The van der Waals surface area contributed by atoms with Crippen LogP contribution >= 0.6 is 0 Å². The van der Waals surface area contributed by atoms with E-state index in [0.29, 0.717) is 19.1 Å². The highest BCUT2D eigenvalue weighted by Crippen LogP contribution is 2.36. The van der Waals surface area contributed by atoms with E-state index < -0.39 is 0 Å². The van der Waals surface area contributed by atoms with Crippen molar-refractivity contribution in [3.63, 3.8) is 0 Å². The maximum Gasteiger partial charge on any atom is 0.124 e. The second-order valence-electron chi connectivity index (χ2n) is 6.33. The topological polar surface area (TPSA) is 51.0 Å². The van der Waals surface area contributed by atoms with Crippen molar-refractivity contribution in [2.24, 2.45) is 11.7 Å². The number of nitrogens with two attached hydrogens (primary N) is 1. The zero-order chi connectivity index (χ0) is 15.5. The monoisotopic (exact) mass is 305 g/mol. The van der Waals surface area contributed by atoms with E-state index >= 15 is 0 Å². The van der Waals surface area contributed by atoms with Gasteiger partial charge in [-0.1, -0.05) is 0 Å². The van der Waals surface area contributed by atoms with Gasteiger partial charge in [0, 0.05) is 50.2 Å². The number of nitrogens with zero attached hydrogens (tertiary/aromatic N) is 2. The molecule has 2 aliphatic heterocycles. The molecule has 1 aromatic carbocycles. The molecule has 2 unspecified atom stereocenters. The van der Waals surface area contributed by atoms with Crippen LogP contribution in [-0.4, -0.2) is 62.8 Å². The maximum absolute atomic E-state index is 6.53. The number of rotatable bonds is 4. The molecule has 0 saturated carbocycles. The summed E-state index contributed by atoms with van der Waals surface area (Å²) in [6, 6.07) is 5.99. The van der Waals surface area contributed by atoms with Crippen LogP contribution in [0.15, 0.2) is 18.2 Å². The Morgan fingerprint density at radius 3 is 2.77 bits per heavy atom. The maximum atomic E-state index is 6.53. The summed E-state index contributed by atoms with van der Waals surface area (Å²) >= 11 is 0. The Bertz CT molecular complexity index is 501. The van der Waals surface area contributed by atoms with E-state index in [1.807, 2.05) is 25.1 Å². The van der Waals surface area contributed by atoms with Gasteiger partial charge in [0.05, 0.1) is 13.2 Å². The van der Waals surface area contributed by atoms with Crippen LogP contribution in [0.4, 0.5) is 0 Å². The van der Waals surface area contributed by atoms with E-state index in [9.17, 15) is 0 Å². The highest BCUT2D eigenvalue weighted by atomic mass is 16.5. The molecule has 1 saturated heterocycles. The van der Waals surface area contributed by atoms with Gasteiger partial charge in [0.2, 0.25) is 0 Å². The van der Waals surface area contributed by atoms with Crippen LogP contribution in [0.5, 0.6) is 11.5 Å². The molecule has 2 heterocycles. The lowest BCUT2D eigenvalue weighted by Gasteiger charge is -2.38. The minimum Gasteiger partial charge on any atom is -0.494 e. The molecule has 0 bridgehead atoms. The molecule has 0 radical (unpaired) electrons. The Kier molecular flexibility index (Phi) is 4.86. The van der Waals surface area contributed by atoms with Gasteiger partial charge in [0.15, 0.2) is 0 Å². The summed E-state index contributed by atoms with van der Waals surface area (Å²) in [7, 11) is 2.18. The van der Waals surface area contributed by atoms with Crippen LogP contribution in [-0.2, 0) is 0 Å². The number of hydrogen-bond acceptors (Lipinski definition) is 5. The second kappa shape index (κ2) is 6.86. The molecule has 0 spiro atoms. The lowest BCUT2D eigenvalue weighted by atomic mass is 9.90. The Labute approximate surface area is 133 Å². The molecule has 0 amide bonds. The van der Waals surface area contributed by atoms with Gasteiger partial charge in [-0.3, -0.25) is 0 Å². The molecule has 3 rings (SSSR count). The predicted octanol–water partition coefficient (Wildman–Crippen LogP) is 1.34. The van der Waals surface area contributed by atoms with Crippen molar-refractivity contribution in [2.45, 2.75) is 13.0 Å². The van der Waals surface area contributed by atoms with Crippen LogP contribution in [0.3, 0.4) is 0 Å². The van der Waals surface area contributed by atoms with Crippen LogP contribution in [0.25, 0.3) is 0 Å². The highest BCUT2D eigenvalue weighted by Gasteiger charge is 2.30. The first-order valence-corrected chi connectivity index (χ1v) is 8.23. The van der Waals surface area contributed by atoms with Gasteiger partial charge >= 0.3 is 0 Å². The smallest absolute Gasteiger partial charge is 0.124 e. The average molecular weight is 305 g/mol. The number of likely N-dealkylation sites (N-methyl/N-ethyl adjacent to an activating group) is 1. The van der Waals surface area contributed by atoms with Crippen molar-refractivity contribution in [1.82, 2.24) is 9.80 Å². The van der Waals surface area contributed by atoms with Crippen molar-refractivity contribution < 1.29 is 9.47 Å². The standard InChI is InChI=1S/C17H27N3O2/c1-3-21-14-4-5-16-15(10-14)17(18)13(12-22-16)11-20-8-6-19(2)7-9-20/h4-5,10,13,17H,3,6-9,11-12,18H2,1-2H3. The molecular formula is C17H27N3O2. The van der Waals surface area contributed by atoms with Gasteiger partial charge in [-0.15, -0.1) is 0 Å². The molecular weight excluding hydrogens is 278 g/mol. The number of hydrogen-bond donors (Lipinski definition) is 1. The number of benzene rings is 1. The fourth-order valence-electron chi connectivity index (χ4n) is 3.26. The quantitative estimate of drug-likeness (QED) is 0.910. The molecule has 1 aromatic rings. The molecule has 2 N–H and O–H groups in total. The molecule has 2 atom stereocenters. The lowest BCUT2D eigenvalue weighted by Crippen LogP contribution is -2.48. The van der Waals surface area contributed by atoms with Crippen LogP contribution in [0, 0.1) is 5.92 Å². The fraction of sp³-hybridized carbons (Fsp3) is 0.647. The van der Waals surface area contributed by atoms with Crippen molar-refractivity contribution in [3.8, 4) is 11.5 Å². The molecule has 22 heavy (non-hydrogen) atoms. The Morgan fingerprint density at radius 2 is 2.05 bits per heavy atom. The largest absolute Gasteiger partial charge is 0.494 e. The van der Waals surface area contributed by atoms with Crippen molar-refractivity contribution in [2.75, 3.05) is 53.0 Å². The normalized spacial score (nSPS) is 26.3. The summed E-state index contributed by atoms with van der Waals surface area (Å²) < 4.78 is 11.5. The van der Waals surface area contributed by atoms with Gasteiger partial charge in [0.1, 0.15) is 11.5 Å². The number of piperazine rings is 1. The molecule has 0 aromatic heterocycles. The Morgan fingerprint density at radius 1 is 1.27 bits per heavy atom.